The van der Waals surface area contributed by atoms with E-state index in [1.165, 1.54) is 12.1 Å². The van der Waals surface area contributed by atoms with Crippen molar-refractivity contribution in [3.05, 3.63) is 65.0 Å². The quantitative estimate of drug-likeness (QED) is 0.720. The molecule has 1 aliphatic carbocycles. The van der Waals surface area contributed by atoms with E-state index in [0.717, 1.165) is 34.5 Å². The van der Waals surface area contributed by atoms with Gasteiger partial charge in [0.05, 0.1) is 22.7 Å². The van der Waals surface area contributed by atoms with E-state index < -0.39 is 5.41 Å². The number of fused-ring (bicyclic) bond motifs is 2. The first-order valence-corrected chi connectivity index (χ1v) is 7.94. The van der Waals surface area contributed by atoms with Gasteiger partial charge in [-0.1, -0.05) is 30.4 Å². The van der Waals surface area contributed by atoms with Gasteiger partial charge in [0.25, 0.3) is 0 Å². The summed E-state index contributed by atoms with van der Waals surface area (Å²) in [6.45, 7) is 0. The van der Waals surface area contributed by atoms with Gasteiger partial charge in [0.2, 0.25) is 0 Å². The monoisotopic (exact) mass is 320 g/mol. The van der Waals surface area contributed by atoms with Crippen LogP contribution < -0.4 is 0 Å². The molecule has 2 nitrogen and oxygen atoms in total. The minimum Gasteiger partial charge on any atom is -0.260 e. The van der Waals surface area contributed by atoms with Crippen LogP contribution in [0.3, 0.4) is 0 Å². The van der Waals surface area contributed by atoms with Gasteiger partial charge in [-0.25, -0.2) is 4.39 Å². The van der Waals surface area contributed by atoms with Crippen LogP contribution in [0.5, 0.6) is 0 Å². The SMILES string of the molecule is N#Cc1cc(F)cc(C2CCC(=S)C23C=Nc2ccccc23)c1. The minimum absolute atomic E-state index is 0.0187. The molecule has 0 N–H and O–H groups in total. The lowest BCUT2D eigenvalue weighted by Crippen LogP contribution is -2.35. The third kappa shape index (κ3) is 1.97. The van der Waals surface area contributed by atoms with Gasteiger partial charge in [-0.3, -0.25) is 4.99 Å². The molecular weight excluding hydrogens is 307 g/mol. The summed E-state index contributed by atoms with van der Waals surface area (Å²) in [5.41, 5.74) is 2.74. The highest BCUT2D eigenvalue weighted by molar-refractivity contribution is 7.80. The topological polar surface area (TPSA) is 36.1 Å². The van der Waals surface area contributed by atoms with Crippen LogP contribution in [0.1, 0.15) is 35.4 Å². The smallest absolute Gasteiger partial charge is 0.124 e. The third-order valence-electron chi connectivity index (χ3n) is 4.88. The van der Waals surface area contributed by atoms with Crippen molar-refractivity contribution in [2.24, 2.45) is 4.99 Å². The van der Waals surface area contributed by atoms with Gasteiger partial charge in [-0.2, -0.15) is 5.26 Å². The second kappa shape index (κ2) is 5.07. The molecule has 4 rings (SSSR count). The summed E-state index contributed by atoms with van der Waals surface area (Å²) in [6, 6.07) is 14.6. The summed E-state index contributed by atoms with van der Waals surface area (Å²) in [5.74, 6) is -0.361. The fourth-order valence-corrected chi connectivity index (χ4v) is 4.31. The average Bonchev–Trinajstić information content (AvgIpc) is 3.10. The lowest BCUT2D eigenvalue weighted by atomic mass is 9.71. The molecule has 2 aromatic rings. The minimum atomic E-state index is -0.452. The van der Waals surface area contributed by atoms with Crippen molar-refractivity contribution in [2.45, 2.75) is 24.2 Å². The lowest BCUT2D eigenvalue weighted by Gasteiger charge is -2.30. The standard InChI is InChI=1S/C19H13FN2S/c20-14-8-12(10-21)7-13(9-14)15-5-6-18(23)19(15)11-22-17-4-2-1-3-16(17)19/h1-4,7-9,11,15H,5-6H2. The third-order valence-corrected chi connectivity index (χ3v) is 5.42. The van der Waals surface area contributed by atoms with Gasteiger partial charge in [-0.15, -0.1) is 0 Å². The Morgan fingerprint density at radius 2 is 2.09 bits per heavy atom. The number of thiocarbonyl (C=S) groups is 1. The van der Waals surface area contributed by atoms with Crippen molar-refractivity contribution in [1.29, 1.82) is 5.26 Å². The summed E-state index contributed by atoms with van der Waals surface area (Å²) < 4.78 is 13.9. The van der Waals surface area contributed by atoms with Crippen LogP contribution in [0.4, 0.5) is 10.1 Å². The molecule has 2 unspecified atom stereocenters. The van der Waals surface area contributed by atoms with E-state index in [0.29, 0.717) is 5.56 Å². The van der Waals surface area contributed by atoms with E-state index in [1.807, 2.05) is 30.5 Å². The molecule has 1 fully saturated rings. The molecule has 1 heterocycles. The first-order chi connectivity index (χ1) is 11.1. The van der Waals surface area contributed by atoms with E-state index >= 15 is 0 Å². The Hall–Kier alpha value is -2.38. The lowest BCUT2D eigenvalue weighted by molar-refractivity contribution is 0.592. The first-order valence-electron chi connectivity index (χ1n) is 7.54. The van der Waals surface area contributed by atoms with Gasteiger partial charge in [0.1, 0.15) is 5.82 Å². The normalized spacial score (nSPS) is 24.9. The Morgan fingerprint density at radius 3 is 2.91 bits per heavy atom. The Bertz CT molecular complexity index is 896. The van der Waals surface area contributed by atoms with Crippen molar-refractivity contribution >= 4 is 29.0 Å². The van der Waals surface area contributed by atoms with Crippen molar-refractivity contribution in [3.63, 3.8) is 0 Å². The predicted molar refractivity (Wildman–Crippen MR) is 92.0 cm³/mol. The van der Waals surface area contributed by atoms with Crippen LogP contribution >= 0.6 is 12.2 Å². The summed E-state index contributed by atoms with van der Waals surface area (Å²) in [5, 5.41) is 9.13. The van der Waals surface area contributed by atoms with Gasteiger partial charge >= 0.3 is 0 Å². The van der Waals surface area contributed by atoms with E-state index in [1.54, 1.807) is 6.07 Å². The van der Waals surface area contributed by atoms with Crippen molar-refractivity contribution in [2.75, 3.05) is 0 Å². The first kappa shape index (κ1) is 14.2. The molecule has 1 saturated carbocycles. The van der Waals surface area contributed by atoms with E-state index in [2.05, 4.69) is 11.1 Å². The second-order valence-electron chi connectivity index (χ2n) is 6.04. The van der Waals surface area contributed by atoms with Crippen molar-refractivity contribution in [3.8, 4) is 6.07 Å². The molecule has 4 heteroatoms. The molecule has 0 radical (unpaired) electrons. The summed E-state index contributed by atoms with van der Waals surface area (Å²) >= 11 is 5.69. The molecule has 0 bridgehead atoms. The number of nitrogens with zero attached hydrogens (tertiary/aromatic N) is 2. The fourth-order valence-electron chi connectivity index (χ4n) is 3.89. The van der Waals surface area contributed by atoms with E-state index in [-0.39, 0.29) is 11.7 Å². The molecule has 2 aromatic carbocycles. The largest absolute Gasteiger partial charge is 0.260 e. The number of hydrogen-bond acceptors (Lipinski definition) is 3. The molecule has 23 heavy (non-hydrogen) atoms. The zero-order valence-electron chi connectivity index (χ0n) is 12.3. The summed E-state index contributed by atoms with van der Waals surface area (Å²) in [6.07, 6.45) is 3.57. The van der Waals surface area contributed by atoms with Gasteiger partial charge in [-0.05, 0) is 48.2 Å². The van der Waals surface area contributed by atoms with Gasteiger partial charge in [0, 0.05) is 17.0 Å². The molecule has 112 valence electrons. The number of para-hydroxylation sites is 1. The Labute approximate surface area is 139 Å². The highest BCUT2D eigenvalue weighted by atomic mass is 32.1. The maximum absolute atomic E-state index is 13.9. The molecular formula is C19H13FN2S. The highest BCUT2D eigenvalue weighted by Gasteiger charge is 2.51. The number of hydrogen-bond donors (Lipinski definition) is 0. The number of aliphatic imine (C=N–C) groups is 1. The molecule has 1 spiro atoms. The van der Waals surface area contributed by atoms with Crippen LogP contribution in [-0.4, -0.2) is 11.1 Å². The zero-order chi connectivity index (χ0) is 16.0. The molecule has 0 aromatic heterocycles. The van der Waals surface area contributed by atoms with Crippen molar-refractivity contribution < 1.29 is 4.39 Å². The van der Waals surface area contributed by atoms with Crippen LogP contribution in [0.2, 0.25) is 0 Å². The summed E-state index contributed by atoms with van der Waals surface area (Å²) in [4.78, 5) is 5.50. The Balaban J connectivity index is 1.91. The predicted octanol–water partition coefficient (Wildman–Crippen LogP) is 4.60. The number of rotatable bonds is 1. The maximum atomic E-state index is 13.9. The molecule has 1 aliphatic heterocycles. The summed E-state index contributed by atoms with van der Waals surface area (Å²) in [7, 11) is 0. The molecule has 0 amide bonds. The van der Waals surface area contributed by atoms with Crippen LogP contribution in [-0.2, 0) is 5.41 Å². The maximum Gasteiger partial charge on any atom is 0.124 e. The van der Waals surface area contributed by atoms with E-state index in [9.17, 15) is 4.39 Å². The highest BCUT2D eigenvalue weighted by Crippen LogP contribution is 2.53. The Kier molecular flexibility index (Phi) is 3.14. The van der Waals surface area contributed by atoms with Gasteiger partial charge < -0.3 is 0 Å². The molecule has 2 aliphatic rings. The average molecular weight is 320 g/mol. The molecule has 2 atom stereocenters. The van der Waals surface area contributed by atoms with Crippen LogP contribution in [0.25, 0.3) is 0 Å². The number of nitriles is 1. The van der Waals surface area contributed by atoms with Gasteiger partial charge in [0.15, 0.2) is 0 Å². The van der Waals surface area contributed by atoms with Crippen LogP contribution in [0.15, 0.2) is 47.5 Å². The Morgan fingerprint density at radius 1 is 1.26 bits per heavy atom. The van der Waals surface area contributed by atoms with Crippen molar-refractivity contribution in [1.82, 2.24) is 0 Å². The van der Waals surface area contributed by atoms with E-state index in [4.69, 9.17) is 17.5 Å². The number of halogens is 1. The number of benzene rings is 2. The zero-order valence-corrected chi connectivity index (χ0v) is 13.1. The second-order valence-corrected chi connectivity index (χ2v) is 6.54. The van der Waals surface area contributed by atoms with Crippen LogP contribution in [0, 0.1) is 17.1 Å². The fraction of sp³-hybridized carbons (Fsp3) is 0.211. The molecule has 0 saturated heterocycles.